The van der Waals surface area contributed by atoms with Gasteiger partial charge in [-0.3, -0.25) is 4.31 Å². The molecule has 31 heavy (non-hydrogen) atoms. The standard InChI is InChI=1S/C23H22N2O4S2/c1-3-28-20-13-11-18(12-14-20)23-24-21(17(2)29-23)16-25(19-8-5-4-6-9-19)31(26,27)22-10-7-15-30-22/h4-15H,3,16H2,1-2H3. The van der Waals surface area contributed by atoms with Crippen LogP contribution in [0.1, 0.15) is 18.4 Å². The van der Waals surface area contributed by atoms with E-state index in [2.05, 4.69) is 4.98 Å². The van der Waals surface area contributed by atoms with Crippen molar-refractivity contribution >= 4 is 27.0 Å². The van der Waals surface area contributed by atoms with Gasteiger partial charge in [-0.1, -0.05) is 24.3 Å². The summed E-state index contributed by atoms with van der Waals surface area (Å²) in [4.78, 5) is 4.61. The molecule has 0 aliphatic heterocycles. The molecule has 0 radical (unpaired) electrons. The highest BCUT2D eigenvalue weighted by Gasteiger charge is 2.28. The lowest BCUT2D eigenvalue weighted by atomic mass is 10.2. The molecule has 8 heteroatoms. The number of rotatable bonds is 8. The van der Waals surface area contributed by atoms with Gasteiger partial charge in [-0.2, -0.15) is 0 Å². The second-order valence-electron chi connectivity index (χ2n) is 6.76. The van der Waals surface area contributed by atoms with Crippen molar-refractivity contribution in [2.24, 2.45) is 0 Å². The van der Waals surface area contributed by atoms with Gasteiger partial charge in [-0.15, -0.1) is 11.3 Å². The van der Waals surface area contributed by atoms with Crippen molar-refractivity contribution in [2.75, 3.05) is 10.9 Å². The molecule has 2 heterocycles. The molecule has 0 saturated heterocycles. The number of aryl methyl sites for hydroxylation is 1. The van der Waals surface area contributed by atoms with Crippen LogP contribution in [0.15, 0.2) is 80.7 Å². The fraction of sp³-hybridized carbons (Fsp3) is 0.174. The number of oxazole rings is 1. The third kappa shape index (κ3) is 4.50. The molecule has 4 rings (SSSR count). The van der Waals surface area contributed by atoms with Gasteiger partial charge in [0.25, 0.3) is 10.0 Å². The molecule has 2 aromatic heterocycles. The molecule has 0 amide bonds. The van der Waals surface area contributed by atoms with Crippen molar-refractivity contribution in [3.05, 3.63) is 83.6 Å². The molecule has 0 bridgehead atoms. The van der Waals surface area contributed by atoms with E-state index in [0.717, 1.165) is 11.3 Å². The Hall–Kier alpha value is -3.10. The highest BCUT2D eigenvalue weighted by atomic mass is 32.2. The number of thiophene rings is 1. The normalized spacial score (nSPS) is 11.4. The molecule has 0 aliphatic carbocycles. The van der Waals surface area contributed by atoms with Gasteiger partial charge in [-0.05, 0) is 61.7 Å². The summed E-state index contributed by atoms with van der Waals surface area (Å²) in [5, 5.41) is 1.75. The third-order valence-corrected chi connectivity index (χ3v) is 7.83. The summed E-state index contributed by atoms with van der Waals surface area (Å²) in [6.07, 6.45) is 0. The first-order valence-electron chi connectivity index (χ1n) is 9.80. The number of anilines is 1. The molecule has 0 saturated carbocycles. The minimum absolute atomic E-state index is 0.0661. The van der Waals surface area contributed by atoms with Gasteiger partial charge < -0.3 is 9.15 Å². The van der Waals surface area contributed by atoms with Crippen molar-refractivity contribution < 1.29 is 17.6 Å². The maximum absolute atomic E-state index is 13.3. The van der Waals surface area contributed by atoms with Crippen LogP contribution >= 0.6 is 11.3 Å². The second kappa shape index (κ2) is 8.95. The van der Waals surface area contributed by atoms with Crippen LogP contribution < -0.4 is 9.04 Å². The number of sulfonamides is 1. The molecule has 4 aromatic rings. The predicted octanol–water partition coefficient (Wildman–Crippen LogP) is 5.51. The van der Waals surface area contributed by atoms with E-state index in [1.165, 1.54) is 15.6 Å². The number of para-hydroxylation sites is 1. The van der Waals surface area contributed by atoms with Crippen LogP contribution in [-0.2, 0) is 16.6 Å². The first-order chi connectivity index (χ1) is 15.0. The van der Waals surface area contributed by atoms with E-state index in [0.29, 0.717) is 29.6 Å². The summed E-state index contributed by atoms with van der Waals surface area (Å²) < 4.78 is 39.7. The van der Waals surface area contributed by atoms with Crippen molar-refractivity contribution in [1.29, 1.82) is 0 Å². The molecule has 0 fully saturated rings. The summed E-state index contributed by atoms with van der Waals surface area (Å²) in [6, 6.07) is 19.8. The fourth-order valence-corrected chi connectivity index (χ4v) is 5.65. The maximum Gasteiger partial charge on any atom is 0.274 e. The van der Waals surface area contributed by atoms with Gasteiger partial charge in [-0.25, -0.2) is 13.4 Å². The number of hydrogen-bond acceptors (Lipinski definition) is 6. The molecule has 160 valence electrons. The molecule has 2 aromatic carbocycles. The molecule has 0 aliphatic rings. The zero-order chi connectivity index (χ0) is 21.8. The summed E-state index contributed by atoms with van der Waals surface area (Å²) in [7, 11) is -3.74. The molecule has 0 atom stereocenters. The lowest BCUT2D eigenvalue weighted by molar-refractivity contribution is 0.340. The first-order valence-corrected chi connectivity index (χ1v) is 12.1. The van der Waals surface area contributed by atoms with E-state index in [-0.39, 0.29) is 10.8 Å². The van der Waals surface area contributed by atoms with Gasteiger partial charge in [0.15, 0.2) is 0 Å². The summed E-state index contributed by atoms with van der Waals surface area (Å²) >= 11 is 1.19. The minimum Gasteiger partial charge on any atom is -0.494 e. The van der Waals surface area contributed by atoms with Gasteiger partial charge in [0.1, 0.15) is 21.4 Å². The van der Waals surface area contributed by atoms with Gasteiger partial charge in [0.2, 0.25) is 5.89 Å². The lowest BCUT2D eigenvalue weighted by Gasteiger charge is -2.23. The Morgan fingerprint density at radius 3 is 2.42 bits per heavy atom. The average molecular weight is 455 g/mol. The summed E-state index contributed by atoms with van der Waals surface area (Å²) in [5.74, 6) is 1.79. The Labute approximate surface area is 185 Å². The summed E-state index contributed by atoms with van der Waals surface area (Å²) in [5.41, 5.74) is 1.93. The van der Waals surface area contributed by atoms with E-state index in [1.54, 1.807) is 36.6 Å². The van der Waals surface area contributed by atoms with Gasteiger partial charge >= 0.3 is 0 Å². The van der Waals surface area contributed by atoms with E-state index in [4.69, 9.17) is 9.15 Å². The van der Waals surface area contributed by atoms with E-state index in [9.17, 15) is 8.42 Å². The number of hydrogen-bond donors (Lipinski definition) is 0. The van der Waals surface area contributed by atoms with Crippen LogP contribution in [0.5, 0.6) is 5.75 Å². The SMILES string of the molecule is CCOc1ccc(-c2nc(CN(c3ccccc3)S(=O)(=O)c3cccs3)c(C)o2)cc1. The van der Waals surface area contributed by atoms with E-state index in [1.807, 2.05) is 49.4 Å². The predicted molar refractivity (Wildman–Crippen MR) is 122 cm³/mol. The Morgan fingerprint density at radius 2 is 1.77 bits per heavy atom. The number of ether oxygens (including phenoxy) is 1. The molecular formula is C23H22N2O4S2. The van der Waals surface area contributed by atoms with Crippen LogP contribution in [0.25, 0.3) is 11.5 Å². The van der Waals surface area contributed by atoms with Crippen molar-refractivity contribution in [2.45, 2.75) is 24.6 Å². The monoisotopic (exact) mass is 454 g/mol. The second-order valence-corrected chi connectivity index (χ2v) is 9.80. The van der Waals surface area contributed by atoms with Crippen LogP contribution in [0.2, 0.25) is 0 Å². The largest absolute Gasteiger partial charge is 0.494 e. The highest BCUT2D eigenvalue weighted by molar-refractivity contribution is 7.94. The van der Waals surface area contributed by atoms with Crippen LogP contribution in [0, 0.1) is 6.92 Å². The van der Waals surface area contributed by atoms with Crippen LogP contribution in [-0.4, -0.2) is 20.0 Å². The quantitative estimate of drug-likeness (QED) is 0.351. The fourth-order valence-electron chi connectivity index (χ4n) is 3.12. The van der Waals surface area contributed by atoms with Crippen LogP contribution in [0.4, 0.5) is 5.69 Å². The van der Waals surface area contributed by atoms with Gasteiger partial charge in [0.05, 0.1) is 18.8 Å². The average Bonchev–Trinajstić information content (AvgIpc) is 3.44. The topological polar surface area (TPSA) is 72.6 Å². The number of nitrogens with zero attached hydrogens (tertiary/aromatic N) is 2. The molecular weight excluding hydrogens is 432 g/mol. The van der Waals surface area contributed by atoms with E-state index < -0.39 is 10.0 Å². The molecule has 0 unspecified atom stereocenters. The van der Waals surface area contributed by atoms with Crippen LogP contribution in [0.3, 0.4) is 0 Å². The number of aromatic nitrogens is 1. The maximum atomic E-state index is 13.3. The number of benzene rings is 2. The third-order valence-electron chi connectivity index (χ3n) is 4.68. The molecule has 0 spiro atoms. The molecule has 0 N–H and O–H groups in total. The Morgan fingerprint density at radius 1 is 1.03 bits per heavy atom. The van der Waals surface area contributed by atoms with Gasteiger partial charge in [0, 0.05) is 5.56 Å². The summed E-state index contributed by atoms with van der Waals surface area (Å²) in [6.45, 7) is 4.38. The zero-order valence-corrected chi connectivity index (χ0v) is 18.8. The zero-order valence-electron chi connectivity index (χ0n) is 17.2. The van der Waals surface area contributed by atoms with Crippen molar-refractivity contribution in [3.63, 3.8) is 0 Å². The Bertz CT molecular complexity index is 1230. The first kappa shape index (κ1) is 21.1. The Kier molecular flexibility index (Phi) is 6.11. The van der Waals surface area contributed by atoms with Crippen molar-refractivity contribution in [3.8, 4) is 17.2 Å². The van der Waals surface area contributed by atoms with E-state index >= 15 is 0 Å². The smallest absolute Gasteiger partial charge is 0.274 e. The Balaban J connectivity index is 1.68. The van der Waals surface area contributed by atoms with Crippen molar-refractivity contribution in [1.82, 2.24) is 4.98 Å². The lowest BCUT2D eigenvalue weighted by Crippen LogP contribution is -2.30. The minimum atomic E-state index is -3.74. The molecule has 6 nitrogen and oxygen atoms in total. The highest BCUT2D eigenvalue weighted by Crippen LogP contribution is 2.30.